The number of non-ortho nitro benzene ring substituents is 1. The van der Waals surface area contributed by atoms with Crippen LogP contribution in [0.25, 0.3) is 0 Å². The second kappa shape index (κ2) is 6.05. The van der Waals surface area contributed by atoms with Crippen molar-refractivity contribution in [2.75, 3.05) is 19.0 Å². The van der Waals surface area contributed by atoms with Crippen molar-refractivity contribution in [2.45, 2.75) is 9.79 Å². The number of halogens is 1. The monoisotopic (exact) mass is 384 g/mol. The molecule has 0 amide bonds. The summed E-state index contributed by atoms with van der Waals surface area (Å²) in [6.07, 6.45) is 0. The molecule has 0 saturated heterocycles. The van der Waals surface area contributed by atoms with Gasteiger partial charge in [0.15, 0.2) is 0 Å². The number of sulfone groups is 1. The van der Waals surface area contributed by atoms with Crippen LogP contribution >= 0.6 is 15.9 Å². The zero-order valence-corrected chi connectivity index (χ0v) is 14.3. The third-order valence-corrected chi connectivity index (χ3v) is 5.25. The van der Waals surface area contributed by atoms with Gasteiger partial charge in [-0.05, 0) is 30.3 Å². The molecule has 116 valence electrons. The van der Waals surface area contributed by atoms with Gasteiger partial charge in [0.25, 0.3) is 5.69 Å². The van der Waals surface area contributed by atoms with Crippen molar-refractivity contribution in [3.63, 3.8) is 0 Å². The molecule has 2 aromatic rings. The molecule has 8 heteroatoms. The van der Waals surface area contributed by atoms with Crippen LogP contribution in [0.15, 0.2) is 56.7 Å². The van der Waals surface area contributed by atoms with Gasteiger partial charge in [-0.15, -0.1) is 0 Å². The lowest BCUT2D eigenvalue weighted by Gasteiger charge is -2.15. The Morgan fingerprint density at radius 3 is 2.14 bits per heavy atom. The van der Waals surface area contributed by atoms with Crippen LogP contribution in [0.3, 0.4) is 0 Å². The van der Waals surface area contributed by atoms with Gasteiger partial charge in [0.05, 0.1) is 14.7 Å². The molecule has 0 heterocycles. The van der Waals surface area contributed by atoms with E-state index in [0.29, 0.717) is 4.47 Å². The molecule has 2 rings (SSSR count). The summed E-state index contributed by atoms with van der Waals surface area (Å²) in [6, 6.07) is 9.70. The third-order valence-electron chi connectivity index (χ3n) is 3.04. The van der Waals surface area contributed by atoms with E-state index < -0.39 is 14.8 Å². The highest BCUT2D eigenvalue weighted by Gasteiger charge is 2.20. The Hall–Kier alpha value is -1.93. The molecule has 0 spiro atoms. The molecule has 0 aromatic heterocycles. The van der Waals surface area contributed by atoms with E-state index >= 15 is 0 Å². The van der Waals surface area contributed by atoms with Gasteiger partial charge in [-0.1, -0.05) is 15.9 Å². The third kappa shape index (κ3) is 3.28. The first-order chi connectivity index (χ1) is 10.2. The molecule has 0 saturated carbocycles. The molecule has 0 unspecified atom stereocenters. The summed E-state index contributed by atoms with van der Waals surface area (Å²) in [4.78, 5) is 12.0. The van der Waals surface area contributed by atoms with Crippen LogP contribution in [0.5, 0.6) is 0 Å². The van der Waals surface area contributed by atoms with E-state index in [-0.39, 0.29) is 15.5 Å². The van der Waals surface area contributed by atoms with E-state index in [0.717, 1.165) is 5.69 Å². The van der Waals surface area contributed by atoms with Gasteiger partial charge in [0.1, 0.15) is 0 Å². The Labute approximate surface area is 136 Å². The fraction of sp³-hybridized carbons (Fsp3) is 0.143. The standard InChI is InChI=1S/C14H13BrN2O4S/c1-16(2)12-7-10(15)8-14(9-12)22(20,21)13-5-3-11(4-6-13)17(18)19/h3-9H,1-2H3. The quantitative estimate of drug-likeness (QED) is 0.596. The van der Waals surface area contributed by atoms with Gasteiger partial charge < -0.3 is 4.90 Å². The van der Waals surface area contributed by atoms with Crippen LogP contribution in [0.4, 0.5) is 11.4 Å². The minimum absolute atomic E-state index is 0.0147. The number of anilines is 1. The highest BCUT2D eigenvalue weighted by molar-refractivity contribution is 9.10. The number of nitro groups is 1. The van der Waals surface area contributed by atoms with E-state index in [4.69, 9.17) is 0 Å². The summed E-state index contributed by atoms with van der Waals surface area (Å²) >= 11 is 3.30. The zero-order chi connectivity index (χ0) is 16.5. The summed E-state index contributed by atoms with van der Waals surface area (Å²) in [5, 5.41) is 10.6. The Morgan fingerprint density at radius 1 is 1.05 bits per heavy atom. The molecule has 0 bridgehead atoms. The van der Waals surface area contributed by atoms with Gasteiger partial charge in [-0.25, -0.2) is 8.42 Å². The van der Waals surface area contributed by atoms with E-state index in [1.165, 1.54) is 30.3 Å². The molecule has 22 heavy (non-hydrogen) atoms. The average molecular weight is 385 g/mol. The predicted molar refractivity (Wildman–Crippen MR) is 87.0 cm³/mol. The van der Waals surface area contributed by atoms with Gasteiger partial charge >= 0.3 is 0 Å². The SMILES string of the molecule is CN(C)c1cc(Br)cc(S(=O)(=O)c2ccc([N+](=O)[O-])cc2)c1. The van der Waals surface area contributed by atoms with Crippen molar-refractivity contribution in [1.82, 2.24) is 0 Å². The first kappa shape index (κ1) is 16.4. The summed E-state index contributed by atoms with van der Waals surface area (Å²) in [5.41, 5.74) is 0.581. The maximum absolute atomic E-state index is 12.6. The van der Waals surface area contributed by atoms with Crippen molar-refractivity contribution in [1.29, 1.82) is 0 Å². The topological polar surface area (TPSA) is 80.5 Å². The molecule has 0 aliphatic heterocycles. The first-order valence-corrected chi connectivity index (χ1v) is 8.47. The molecule has 0 fully saturated rings. The highest BCUT2D eigenvalue weighted by atomic mass is 79.9. The van der Waals surface area contributed by atoms with Gasteiger partial charge in [0, 0.05) is 36.4 Å². The molecular formula is C14H13BrN2O4S. The maximum atomic E-state index is 12.6. The second-order valence-corrected chi connectivity index (χ2v) is 7.66. The summed E-state index contributed by atoms with van der Waals surface area (Å²) in [5.74, 6) is 0. The molecule has 0 N–H and O–H groups in total. The predicted octanol–water partition coefficient (Wildman–Crippen LogP) is 3.26. The largest absolute Gasteiger partial charge is 0.378 e. The molecule has 0 aliphatic carbocycles. The van der Waals surface area contributed by atoms with Crippen molar-refractivity contribution in [3.05, 3.63) is 57.1 Å². The summed E-state index contributed by atoms with van der Waals surface area (Å²) in [6.45, 7) is 0. The van der Waals surface area contributed by atoms with Crippen molar-refractivity contribution < 1.29 is 13.3 Å². The summed E-state index contributed by atoms with van der Waals surface area (Å²) < 4.78 is 25.9. The normalized spacial score (nSPS) is 11.2. The van der Waals surface area contributed by atoms with Crippen molar-refractivity contribution >= 4 is 37.1 Å². The molecular weight excluding hydrogens is 372 g/mol. The summed E-state index contributed by atoms with van der Waals surface area (Å²) in [7, 11) is -0.120. The van der Waals surface area contributed by atoms with Crippen LogP contribution in [0.2, 0.25) is 0 Å². The van der Waals surface area contributed by atoms with E-state index in [1.54, 1.807) is 17.0 Å². The lowest BCUT2D eigenvalue weighted by molar-refractivity contribution is -0.384. The second-order valence-electron chi connectivity index (χ2n) is 4.79. The Balaban J connectivity index is 2.52. The zero-order valence-electron chi connectivity index (χ0n) is 11.9. The number of hydrogen-bond donors (Lipinski definition) is 0. The fourth-order valence-corrected chi connectivity index (χ4v) is 3.80. The van der Waals surface area contributed by atoms with Crippen LogP contribution in [-0.2, 0) is 9.84 Å². The first-order valence-electron chi connectivity index (χ1n) is 6.19. The number of nitrogens with zero attached hydrogens (tertiary/aromatic N) is 2. The highest BCUT2D eigenvalue weighted by Crippen LogP contribution is 2.29. The Bertz CT molecular complexity index is 817. The Morgan fingerprint density at radius 2 is 1.64 bits per heavy atom. The molecule has 2 aromatic carbocycles. The smallest absolute Gasteiger partial charge is 0.269 e. The lowest BCUT2D eigenvalue weighted by Crippen LogP contribution is -2.10. The van der Waals surface area contributed by atoms with Crippen LogP contribution in [-0.4, -0.2) is 27.4 Å². The van der Waals surface area contributed by atoms with Gasteiger partial charge in [0.2, 0.25) is 9.84 Å². The molecule has 0 radical (unpaired) electrons. The van der Waals surface area contributed by atoms with Crippen molar-refractivity contribution in [2.24, 2.45) is 0 Å². The van der Waals surface area contributed by atoms with Crippen LogP contribution < -0.4 is 4.90 Å². The number of benzene rings is 2. The average Bonchev–Trinajstić information content (AvgIpc) is 2.46. The minimum atomic E-state index is -3.74. The number of rotatable bonds is 4. The maximum Gasteiger partial charge on any atom is 0.269 e. The van der Waals surface area contributed by atoms with Crippen LogP contribution in [0, 0.1) is 10.1 Å². The van der Waals surface area contributed by atoms with Crippen LogP contribution in [0.1, 0.15) is 0 Å². The lowest BCUT2D eigenvalue weighted by atomic mass is 10.3. The Kier molecular flexibility index (Phi) is 4.52. The van der Waals surface area contributed by atoms with Crippen molar-refractivity contribution in [3.8, 4) is 0 Å². The number of hydrogen-bond acceptors (Lipinski definition) is 5. The van der Waals surface area contributed by atoms with Gasteiger partial charge in [-0.3, -0.25) is 10.1 Å². The molecule has 0 atom stereocenters. The molecule has 6 nitrogen and oxygen atoms in total. The molecule has 0 aliphatic rings. The van der Waals surface area contributed by atoms with Gasteiger partial charge in [-0.2, -0.15) is 0 Å². The van der Waals surface area contributed by atoms with E-state index in [9.17, 15) is 18.5 Å². The fourth-order valence-electron chi connectivity index (χ4n) is 1.84. The van der Waals surface area contributed by atoms with E-state index in [2.05, 4.69) is 15.9 Å². The minimum Gasteiger partial charge on any atom is -0.378 e. The number of nitro benzene ring substituents is 1. The van der Waals surface area contributed by atoms with E-state index in [1.807, 2.05) is 14.1 Å².